The highest BCUT2D eigenvalue weighted by Gasteiger charge is 2.45. The van der Waals surface area contributed by atoms with E-state index in [-0.39, 0.29) is 22.9 Å². The predicted molar refractivity (Wildman–Crippen MR) is 77.3 cm³/mol. The standard InChI is InChI=1S/C13H22N4OS/c1-9(2)11(14)12(18)17-6-4-13(5-7-17)16-10(15-3)8-19-13/h9-11,16H,4-8,14H2,1-2H3/t10-,11-/m0/s1. The molecule has 0 aromatic carbocycles. The second-order valence-electron chi connectivity index (χ2n) is 5.69. The average Bonchev–Trinajstić information content (AvgIpc) is 2.81. The number of rotatable bonds is 2. The van der Waals surface area contributed by atoms with Gasteiger partial charge >= 0.3 is 0 Å². The van der Waals surface area contributed by atoms with Crippen LogP contribution < -0.4 is 11.1 Å². The molecular formula is C13H22N4OS. The molecule has 1 amide bonds. The van der Waals surface area contributed by atoms with Crippen molar-refractivity contribution in [1.29, 1.82) is 0 Å². The monoisotopic (exact) mass is 282 g/mol. The first-order chi connectivity index (χ1) is 8.97. The summed E-state index contributed by atoms with van der Waals surface area (Å²) in [6.45, 7) is 12.5. The summed E-state index contributed by atoms with van der Waals surface area (Å²) in [7, 11) is 0. The van der Waals surface area contributed by atoms with Crippen molar-refractivity contribution in [2.75, 3.05) is 18.8 Å². The van der Waals surface area contributed by atoms with Crippen LogP contribution in [0.4, 0.5) is 0 Å². The zero-order chi connectivity index (χ0) is 14.0. The number of carbonyl (C=O) groups is 1. The predicted octanol–water partition coefficient (Wildman–Crippen LogP) is 0.870. The van der Waals surface area contributed by atoms with Crippen LogP contribution >= 0.6 is 11.8 Å². The van der Waals surface area contributed by atoms with Crippen LogP contribution in [0.2, 0.25) is 0 Å². The third-order valence-corrected chi connectivity index (χ3v) is 5.55. The van der Waals surface area contributed by atoms with Gasteiger partial charge in [0.25, 0.3) is 6.17 Å². The molecule has 19 heavy (non-hydrogen) atoms. The molecule has 5 nitrogen and oxygen atoms in total. The highest BCUT2D eigenvalue weighted by molar-refractivity contribution is 8.00. The zero-order valence-electron chi connectivity index (χ0n) is 11.6. The number of hydrogen-bond donors (Lipinski definition) is 2. The van der Waals surface area contributed by atoms with Crippen LogP contribution in [0.25, 0.3) is 4.85 Å². The van der Waals surface area contributed by atoms with E-state index in [1.54, 1.807) is 0 Å². The Kier molecular flexibility index (Phi) is 4.39. The van der Waals surface area contributed by atoms with Gasteiger partial charge in [-0.15, -0.1) is 11.8 Å². The maximum atomic E-state index is 12.2. The first-order valence-electron chi connectivity index (χ1n) is 6.80. The molecule has 0 aliphatic carbocycles. The van der Waals surface area contributed by atoms with Crippen molar-refractivity contribution < 1.29 is 4.79 Å². The normalized spacial score (nSPS) is 27.5. The molecule has 0 bridgehead atoms. The maximum absolute atomic E-state index is 12.2. The molecule has 2 aliphatic heterocycles. The minimum Gasteiger partial charge on any atom is -0.341 e. The summed E-state index contributed by atoms with van der Waals surface area (Å²) >= 11 is 1.83. The zero-order valence-corrected chi connectivity index (χ0v) is 12.4. The van der Waals surface area contributed by atoms with Crippen molar-refractivity contribution in [2.45, 2.75) is 43.8 Å². The lowest BCUT2D eigenvalue weighted by molar-refractivity contribution is -0.134. The highest BCUT2D eigenvalue weighted by atomic mass is 32.2. The van der Waals surface area contributed by atoms with E-state index in [0.29, 0.717) is 0 Å². The van der Waals surface area contributed by atoms with E-state index in [0.717, 1.165) is 31.7 Å². The van der Waals surface area contributed by atoms with Crippen molar-refractivity contribution in [3.63, 3.8) is 0 Å². The van der Waals surface area contributed by atoms with Crippen molar-refractivity contribution in [1.82, 2.24) is 10.2 Å². The Morgan fingerprint density at radius 2 is 2.16 bits per heavy atom. The fourth-order valence-corrected chi connectivity index (χ4v) is 3.89. The van der Waals surface area contributed by atoms with E-state index in [1.807, 2.05) is 30.5 Å². The van der Waals surface area contributed by atoms with Crippen molar-refractivity contribution >= 4 is 17.7 Å². The fraction of sp³-hybridized carbons (Fsp3) is 0.846. The Labute approximate surface area is 119 Å². The molecule has 0 saturated carbocycles. The number of carbonyl (C=O) groups excluding carboxylic acids is 1. The number of nitrogens with one attached hydrogen (secondary N) is 1. The molecular weight excluding hydrogens is 260 g/mol. The van der Waals surface area contributed by atoms with Gasteiger partial charge in [0.1, 0.15) is 0 Å². The Morgan fingerprint density at radius 1 is 1.53 bits per heavy atom. The molecule has 2 heterocycles. The lowest BCUT2D eigenvalue weighted by Gasteiger charge is -2.39. The first-order valence-corrected chi connectivity index (χ1v) is 7.78. The first kappa shape index (κ1) is 14.6. The second-order valence-corrected chi connectivity index (χ2v) is 7.09. The van der Waals surface area contributed by atoms with Gasteiger partial charge in [-0.05, 0) is 18.8 Å². The quantitative estimate of drug-likeness (QED) is 0.738. The summed E-state index contributed by atoms with van der Waals surface area (Å²) in [6.07, 6.45) is 1.74. The molecule has 2 aliphatic rings. The van der Waals surface area contributed by atoms with Crippen molar-refractivity contribution in [3.05, 3.63) is 11.4 Å². The number of piperidine rings is 1. The lowest BCUT2D eigenvalue weighted by Crippen LogP contribution is -2.55. The molecule has 0 radical (unpaired) electrons. The summed E-state index contributed by atoms with van der Waals surface area (Å²) in [5, 5.41) is 3.41. The van der Waals surface area contributed by atoms with E-state index in [4.69, 9.17) is 12.3 Å². The summed E-state index contributed by atoms with van der Waals surface area (Å²) in [4.78, 5) is 17.6. The lowest BCUT2D eigenvalue weighted by atomic mass is 10.00. The maximum Gasteiger partial charge on any atom is 0.287 e. The average molecular weight is 282 g/mol. The second kappa shape index (κ2) is 5.70. The molecule has 0 aromatic heterocycles. The Bertz CT molecular complexity index is 385. The number of amides is 1. The largest absolute Gasteiger partial charge is 0.341 e. The number of likely N-dealkylation sites (tertiary alicyclic amines) is 1. The van der Waals surface area contributed by atoms with Gasteiger partial charge in [0.05, 0.1) is 16.7 Å². The van der Waals surface area contributed by atoms with Crippen LogP contribution in [0.5, 0.6) is 0 Å². The smallest absolute Gasteiger partial charge is 0.287 e. The summed E-state index contributed by atoms with van der Waals surface area (Å²) in [5.74, 6) is 1.09. The molecule has 2 fully saturated rings. The fourth-order valence-electron chi connectivity index (χ4n) is 2.57. The van der Waals surface area contributed by atoms with Crippen LogP contribution in [0, 0.1) is 12.5 Å². The highest BCUT2D eigenvalue weighted by Crippen LogP contribution is 2.39. The van der Waals surface area contributed by atoms with Crippen molar-refractivity contribution in [2.24, 2.45) is 11.7 Å². The Balaban J connectivity index is 1.90. The van der Waals surface area contributed by atoms with Gasteiger partial charge in [0.15, 0.2) is 0 Å². The van der Waals surface area contributed by atoms with Crippen LogP contribution in [0.1, 0.15) is 26.7 Å². The number of hydrogen-bond acceptors (Lipinski definition) is 4. The molecule has 106 valence electrons. The van der Waals surface area contributed by atoms with Crippen LogP contribution in [-0.4, -0.2) is 46.7 Å². The van der Waals surface area contributed by atoms with Gasteiger partial charge in [-0.25, -0.2) is 11.9 Å². The van der Waals surface area contributed by atoms with E-state index < -0.39 is 6.04 Å². The summed E-state index contributed by atoms with van der Waals surface area (Å²) in [5.41, 5.74) is 5.93. The van der Waals surface area contributed by atoms with Gasteiger partial charge in [-0.3, -0.25) is 9.64 Å². The topological polar surface area (TPSA) is 62.7 Å². The molecule has 3 N–H and O–H groups in total. The minimum atomic E-state index is -0.394. The molecule has 6 heteroatoms. The van der Waals surface area contributed by atoms with E-state index >= 15 is 0 Å². The third kappa shape index (κ3) is 3.04. The van der Waals surface area contributed by atoms with E-state index in [1.165, 1.54) is 0 Å². The van der Waals surface area contributed by atoms with Gasteiger partial charge < -0.3 is 10.6 Å². The third-order valence-electron chi connectivity index (χ3n) is 3.99. The van der Waals surface area contributed by atoms with Gasteiger partial charge in [-0.1, -0.05) is 13.8 Å². The van der Waals surface area contributed by atoms with E-state index in [2.05, 4.69) is 10.2 Å². The van der Waals surface area contributed by atoms with Crippen LogP contribution in [0.3, 0.4) is 0 Å². The molecule has 1 spiro atoms. The van der Waals surface area contributed by atoms with Gasteiger partial charge in [0, 0.05) is 13.1 Å². The summed E-state index contributed by atoms with van der Waals surface area (Å²) < 4.78 is 0. The number of nitrogens with zero attached hydrogens (tertiary/aromatic N) is 2. The molecule has 2 saturated heterocycles. The molecule has 2 rings (SSSR count). The molecule has 0 aromatic rings. The Hall–Kier alpha value is -0.770. The van der Waals surface area contributed by atoms with Gasteiger partial charge in [-0.2, -0.15) is 0 Å². The minimum absolute atomic E-state index is 0.00786. The SMILES string of the molecule is [C-]#[N+][C@@H]1CSC2(CCN(C(=O)[C@@H](N)C(C)C)CC2)N1. The van der Waals surface area contributed by atoms with E-state index in [9.17, 15) is 4.79 Å². The summed E-state index contributed by atoms with van der Waals surface area (Å²) in [6, 6.07) is -0.394. The molecule has 0 unspecified atom stereocenters. The van der Waals surface area contributed by atoms with Gasteiger partial charge in [0.2, 0.25) is 5.91 Å². The number of thioether (sulfide) groups is 1. The van der Waals surface area contributed by atoms with Crippen LogP contribution in [0.15, 0.2) is 0 Å². The Morgan fingerprint density at radius 3 is 2.63 bits per heavy atom. The molecule has 2 atom stereocenters. The number of nitrogens with two attached hydrogens (primary N) is 1. The van der Waals surface area contributed by atoms with Crippen molar-refractivity contribution in [3.8, 4) is 0 Å². The van der Waals surface area contributed by atoms with Crippen LogP contribution in [-0.2, 0) is 4.79 Å².